The lowest BCUT2D eigenvalue weighted by atomic mass is 10.1. The zero-order valence-electron chi connectivity index (χ0n) is 15.8. The monoisotopic (exact) mass is 386 g/mol. The predicted molar refractivity (Wildman–Crippen MR) is 106 cm³/mol. The van der Waals surface area contributed by atoms with Crippen molar-refractivity contribution in [1.29, 1.82) is 0 Å². The van der Waals surface area contributed by atoms with Crippen LogP contribution in [0.5, 0.6) is 0 Å². The molecule has 1 aromatic heterocycles. The zero-order valence-corrected chi connectivity index (χ0v) is 16.6. The first-order chi connectivity index (χ1) is 13.1. The first-order valence-electron chi connectivity index (χ1n) is 9.75. The Bertz CT molecular complexity index is 900. The summed E-state index contributed by atoms with van der Waals surface area (Å²) in [6.07, 6.45) is 5.35. The summed E-state index contributed by atoms with van der Waals surface area (Å²) in [6.45, 7) is 5.11. The summed E-state index contributed by atoms with van der Waals surface area (Å²) in [4.78, 5) is 2.62. The minimum absolute atomic E-state index is 0.382. The molecule has 2 aromatic rings. The Balaban J connectivity index is 1.64. The van der Waals surface area contributed by atoms with E-state index in [0.29, 0.717) is 23.7 Å². The van der Waals surface area contributed by atoms with E-state index in [9.17, 15) is 8.42 Å². The van der Waals surface area contributed by atoms with E-state index >= 15 is 0 Å². The Morgan fingerprint density at radius 1 is 0.852 bits per heavy atom. The standard InChI is InChI=1S/C20H26N4O2S/c1-16-7-8-17(15-19(16)27(25,26)24-13-3-2-4-14-24)18-9-10-20(22-21-18)23-11-5-6-12-23/h7-10,15H,2-6,11-14H2,1H3. The van der Waals surface area contributed by atoms with E-state index in [1.54, 1.807) is 10.4 Å². The van der Waals surface area contributed by atoms with Crippen molar-refractivity contribution in [2.24, 2.45) is 0 Å². The number of nitrogens with zero attached hydrogens (tertiary/aromatic N) is 4. The van der Waals surface area contributed by atoms with Crippen molar-refractivity contribution >= 4 is 15.8 Å². The van der Waals surface area contributed by atoms with Gasteiger partial charge in [-0.15, -0.1) is 10.2 Å². The second-order valence-electron chi connectivity index (χ2n) is 7.42. The molecule has 0 amide bonds. The maximum atomic E-state index is 13.1. The van der Waals surface area contributed by atoms with Gasteiger partial charge >= 0.3 is 0 Å². The van der Waals surface area contributed by atoms with Gasteiger partial charge in [-0.25, -0.2) is 8.42 Å². The average molecular weight is 387 g/mol. The number of piperidine rings is 1. The number of hydrogen-bond acceptors (Lipinski definition) is 5. The summed E-state index contributed by atoms with van der Waals surface area (Å²) >= 11 is 0. The number of aromatic nitrogens is 2. The highest BCUT2D eigenvalue weighted by Gasteiger charge is 2.27. The van der Waals surface area contributed by atoms with E-state index in [2.05, 4.69) is 15.1 Å². The molecule has 7 heteroatoms. The summed E-state index contributed by atoms with van der Waals surface area (Å²) in [6, 6.07) is 9.44. The van der Waals surface area contributed by atoms with Crippen molar-refractivity contribution in [1.82, 2.24) is 14.5 Å². The molecule has 2 aliphatic heterocycles. The molecule has 0 spiro atoms. The molecule has 0 atom stereocenters. The molecule has 6 nitrogen and oxygen atoms in total. The lowest BCUT2D eigenvalue weighted by Crippen LogP contribution is -2.35. The highest BCUT2D eigenvalue weighted by molar-refractivity contribution is 7.89. The van der Waals surface area contributed by atoms with E-state index < -0.39 is 10.0 Å². The fourth-order valence-corrected chi connectivity index (χ4v) is 5.64. The summed E-state index contributed by atoms with van der Waals surface area (Å²) in [5, 5.41) is 8.72. The van der Waals surface area contributed by atoms with Crippen molar-refractivity contribution in [2.45, 2.75) is 43.9 Å². The van der Waals surface area contributed by atoms with Gasteiger partial charge in [0, 0.05) is 31.7 Å². The van der Waals surface area contributed by atoms with Crippen molar-refractivity contribution in [2.75, 3.05) is 31.1 Å². The van der Waals surface area contributed by atoms with Crippen LogP contribution in [-0.2, 0) is 10.0 Å². The van der Waals surface area contributed by atoms with Gasteiger partial charge in [0.15, 0.2) is 5.82 Å². The Labute approximate surface area is 161 Å². The maximum Gasteiger partial charge on any atom is 0.243 e. The molecule has 2 fully saturated rings. The van der Waals surface area contributed by atoms with Crippen LogP contribution < -0.4 is 4.90 Å². The highest BCUT2D eigenvalue weighted by atomic mass is 32.2. The van der Waals surface area contributed by atoms with E-state index in [1.807, 2.05) is 31.2 Å². The maximum absolute atomic E-state index is 13.1. The molecule has 27 heavy (non-hydrogen) atoms. The Morgan fingerprint density at radius 3 is 2.22 bits per heavy atom. The molecule has 0 N–H and O–H groups in total. The minimum atomic E-state index is -3.47. The van der Waals surface area contributed by atoms with Crippen LogP contribution in [0.15, 0.2) is 35.2 Å². The molecule has 0 bridgehead atoms. The zero-order chi connectivity index (χ0) is 18.9. The van der Waals surface area contributed by atoms with Gasteiger partial charge in [0.05, 0.1) is 10.6 Å². The molecule has 3 heterocycles. The summed E-state index contributed by atoms with van der Waals surface area (Å²) < 4.78 is 27.8. The van der Waals surface area contributed by atoms with Crippen LogP contribution in [0.1, 0.15) is 37.7 Å². The average Bonchev–Trinajstić information content (AvgIpc) is 3.24. The van der Waals surface area contributed by atoms with Crippen LogP contribution in [0.25, 0.3) is 11.3 Å². The van der Waals surface area contributed by atoms with Gasteiger partial charge < -0.3 is 4.90 Å². The normalized spacial score (nSPS) is 18.8. The number of hydrogen-bond donors (Lipinski definition) is 0. The molecule has 0 unspecified atom stereocenters. The SMILES string of the molecule is Cc1ccc(-c2ccc(N3CCCC3)nn2)cc1S(=O)(=O)N1CCCCC1. The van der Waals surface area contributed by atoms with E-state index in [1.165, 1.54) is 12.8 Å². The van der Waals surface area contributed by atoms with Crippen LogP contribution in [0, 0.1) is 6.92 Å². The fraction of sp³-hybridized carbons (Fsp3) is 0.500. The van der Waals surface area contributed by atoms with Crippen molar-refractivity contribution < 1.29 is 8.42 Å². The smallest absolute Gasteiger partial charge is 0.243 e. The van der Waals surface area contributed by atoms with Gasteiger partial charge in [-0.1, -0.05) is 18.6 Å². The topological polar surface area (TPSA) is 66.4 Å². The van der Waals surface area contributed by atoms with Crippen molar-refractivity contribution in [3.8, 4) is 11.3 Å². The quantitative estimate of drug-likeness (QED) is 0.807. The molecule has 2 saturated heterocycles. The molecule has 0 aliphatic carbocycles. The largest absolute Gasteiger partial charge is 0.355 e. The molecule has 1 aromatic carbocycles. The van der Waals surface area contributed by atoms with Gasteiger partial charge in [-0.3, -0.25) is 0 Å². The number of anilines is 1. The minimum Gasteiger partial charge on any atom is -0.355 e. The second kappa shape index (κ2) is 7.56. The molecular formula is C20H26N4O2S. The van der Waals surface area contributed by atoms with Gasteiger partial charge in [0.25, 0.3) is 0 Å². The third kappa shape index (κ3) is 3.71. The Morgan fingerprint density at radius 2 is 1.56 bits per heavy atom. The number of rotatable bonds is 4. The molecule has 144 valence electrons. The third-order valence-electron chi connectivity index (χ3n) is 5.50. The van der Waals surface area contributed by atoms with Crippen molar-refractivity contribution in [3.63, 3.8) is 0 Å². The predicted octanol–water partition coefficient (Wildman–Crippen LogP) is 3.23. The summed E-state index contributed by atoms with van der Waals surface area (Å²) in [7, 11) is -3.47. The molecule has 0 radical (unpaired) electrons. The third-order valence-corrected chi connectivity index (χ3v) is 7.54. The van der Waals surface area contributed by atoms with E-state index in [-0.39, 0.29) is 0 Å². The van der Waals surface area contributed by atoms with Crippen LogP contribution in [0.2, 0.25) is 0 Å². The van der Waals surface area contributed by atoms with Crippen molar-refractivity contribution in [3.05, 3.63) is 35.9 Å². The first-order valence-corrected chi connectivity index (χ1v) is 11.2. The summed E-state index contributed by atoms with van der Waals surface area (Å²) in [5.74, 6) is 0.893. The number of sulfonamides is 1. The van der Waals surface area contributed by atoms with Crippen LogP contribution in [0.4, 0.5) is 5.82 Å². The van der Waals surface area contributed by atoms with E-state index in [4.69, 9.17) is 0 Å². The Kier molecular flexibility index (Phi) is 5.14. The molecule has 4 rings (SSSR count). The van der Waals surface area contributed by atoms with Gasteiger partial charge in [0.1, 0.15) is 0 Å². The number of benzene rings is 1. The fourth-order valence-electron chi connectivity index (χ4n) is 3.88. The number of aryl methyl sites for hydroxylation is 1. The van der Waals surface area contributed by atoms with E-state index in [0.717, 1.165) is 49.3 Å². The molecule has 2 aliphatic rings. The molecule has 0 saturated carbocycles. The lowest BCUT2D eigenvalue weighted by Gasteiger charge is -2.26. The second-order valence-corrected chi connectivity index (χ2v) is 9.32. The van der Waals surface area contributed by atoms with Gasteiger partial charge in [-0.2, -0.15) is 4.31 Å². The summed E-state index contributed by atoms with van der Waals surface area (Å²) in [5.41, 5.74) is 2.26. The first kappa shape index (κ1) is 18.4. The molecular weight excluding hydrogens is 360 g/mol. The van der Waals surface area contributed by atoms with Crippen LogP contribution in [-0.4, -0.2) is 49.1 Å². The van der Waals surface area contributed by atoms with Crippen LogP contribution >= 0.6 is 0 Å². The highest BCUT2D eigenvalue weighted by Crippen LogP contribution is 2.28. The Hall–Kier alpha value is -1.99. The lowest BCUT2D eigenvalue weighted by molar-refractivity contribution is 0.346. The van der Waals surface area contributed by atoms with Crippen LogP contribution in [0.3, 0.4) is 0 Å². The van der Waals surface area contributed by atoms with Gasteiger partial charge in [0.2, 0.25) is 10.0 Å². The van der Waals surface area contributed by atoms with Gasteiger partial charge in [-0.05, 0) is 56.4 Å².